The number of benzene rings is 1. The fourth-order valence-electron chi connectivity index (χ4n) is 6.20. The first-order valence-electron chi connectivity index (χ1n) is 16.1. The summed E-state index contributed by atoms with van der Waals surface area (Å²) in [6.07, 6.45) is 12.9. The van der Waals surface area contributed by atoms with E-state index < -0.39 is 30.0 Å². The van der Waals surface area contributed by atoms with Gasteiger partial charge in [0.25, 0.3) is 5.91 Å². The third-order valence-electron chi connectivity index (χ3n) is 8.76. The molecule has 1 saturated heterocycles. The number of aliphatic hydroxyl groups excluding tert-OH is 1. The fourth-order valence-corrected chi connectivity index (χ4v) is 6.77. The molecular formula is C33H48N6O5S. The molecule has 3 amide bonds. The molecule has 4 atom stereocenters. The molecule has 45 heavy (non-hydrogen) atoms. The van der Waals surface area contributed by atoms with Crippen molar-refractivity contribution in [2.45, 2.75) is 69.6 Å². The molecule has 1 saturated carbocycles. The number of aliphatic hydroxyl groups is 1. The molecule has 2 aliphatic rings. The quantitative estimate of drug-likeness (QED) is 0.176. The summed E-state index contributed by atoms with van der Waals surface area (Å²) in [4.78, 5) is 49.5. The molecule has 0 unspecified atom stereocenters. The maximum Gasteiger partial charge on any atom is 0.287 e. The van der Waals surface area contributed by atoms with Crippen molar-refractivity contribution < 1.29 is 24.2 Å². The Hall–Kier alpha value is -3.11. The molecule has 0 bridgehead atoms. The molecule has 2 fully saturated rings. The zero-order valence-corrected chi connectivity index (χ0v) is 27.1. The molecule has 0 radical (unpaired) electrons. The summed E-state index contributed by atoms with van der Waals surface area (Å²) in [5.41, 5.74) is 1.40. The Bertz CT molecular complexity index is 1250. The second-order valence-electron chi connectivity index (χ2n) is 12.1. The summed E-state index contributed by atoms with van der Waals surface area (Å²) >= 11 is 1.44. The summed E-state index contributed by atoms with van der Waals surface area (Å²) in [7, 11) is 0. The molecule has 1 aliphatic heterocycles. The lowest BCUT2D eigenvalue weighted by molar-refractivity contribution is -0.126. The molecule has 1 aromatic carbocycles. The average Bonchev–Trinajstić information content (AvgIpc) is 3.50. The van der Waals surface area contributed by atoms with E-state index in [2.05, 4.69) is 36.7 Å². The number of hydrogen-bond acceptors (Lipinski definition) is 8. The summed E-state index contributed by atoms with van der Waals surface area (Å²) < 4.78 is 5.39. The van der Waals surface area contributed by atoms with E-state index in [1.807, 2.05) is 30.5 Å². The molecule has 1 aromatic heterocycles. The molecule has 4 rings (SSSR count). The van der Waals surface area contributed by atoms with Crippen molar-refractivity contribution >= 4 is 40.5 Å². The number of aromatic nitrogens is 2. The summed E-state index contributed by atoms with van der Waals surface area (Å²) in [6, 6.07) is 5.91. The monoisotopic (exact) mass is 640 g/mol. The maximum atomic E-state index is 13.7. The molecule has 11 nitrogen and oxygen atoms in total. The van der Waals surface area contributed by atoms with Crippen molar-refractivity contribution in [3.8, 4) is 12.3 Å². The van der Waals surface area contributed by atoms with Crippen LogP contribution in [0.4, 0.5) is 0 Å². The van der Waals surface area contributed by atoms with E-state index in [1.54, 1.807) is 0 Å². The van der Waals surface area contributed by atoms with Crippen LogP contribution in [0.5, 0.6) is 0 Å². The van der Waals surface area contributed by atoms with Crippen LogP contribution in [0.1, 0.15) is 62.0 Å². The first kappa shape index (κ1) is 34.8. The van der Waals surface area contributed by atoms with Gasteiger partial charge in [0.05, 0.1) is 42.3 Å². The smallest absolute Gasteiger partial charge is 0.287 e. The predicted octanol–water partition coefficient (Wildman–Crippen LogP) is 2.32. The van der Waals surface area contributed by atoms with Crippen LogP contribution in [-0.4, -0.2) is 107 Å². The van der Waals surface area contributed by atoms with Gasteiger partial charge < -0.3 is 30.8 Å². The number of ether oxygens (including phenoxy) is 1. The van der Waals surface area contributed by atoms with Crippen LogP contribution in [-0.2, 0) is 14.3 Å². The number of nitrogens with one attached hydrogen (secondary N) is 4. The van der Waals surface area contributed by atoms with E-state index in [0.717, 1.165) is 50.8 Å². The third-order valence-corrected chi connectivity index (χ3v) is 9.42. The molecule has 0 spiro atoms. The highest BCUT2D eigenvalue weighted by molar-refractivity contribution is 7.98. The summed E-state index contributed by atoms with van der Waals surface area (Å²) in [5.74, 6) is 1.78. The van der Waals surface area contributed by atoms with Crippen LogP contribution >= 0.6 is 11.8 Å². The Morgan fingerprint density at radius 3 is 2.62 bits per heavy atom. The zero-order chi connectivity index (χ0) is 32.0. The first-order valence-corrected chi connectivity index (χ1v) is 17.5. The second kappa shape index (κ2) is 18.1. The van der Waals surface area contributed by atoms with Gasteiger partial charge in [-0.2, -0.15) is 11.8 Å². The van der Waals surface area contributed by atoms with Crippen molar-refractivity contribution in [2.24, 2.45) is 11.8 Å². The van der Waals surface area contributed by atoms with Gasteiger partial charge in [-0.15, -0.1) is 12.3 Å². The van der Waals surface area contributed by atoms with Crippen LogP contribution in [0.3, 0.4) is 0 Å². The lowest BCUT2D eigenvalue weighted by Gasteiger charge is -2.32. The van der Waals surface area contributed by atoms with Gasteiger partial charge in [-0.1, -0.05) is 44.2 Å². The minimum atomic E-state index is -0.986. The number of para-hydroxylation sites is 2. The highest BCUT2D eigenvalue weighted by Crippen LogP contribution is 2.29. The number of aromatic amines is 1. The predicted molar refractivity (Wildman–Crippen MR) is 177 cm³/mol. The van der Waals surface area contributed by atoms with Gasteiger partial charge in [-0.3, -0.25) is 19.3 Å². The standard InChI is InChI=1S/C33H48N6O5S/c1-3-9-24(31(41)34-14-15-39-16-18-44-19-17-39)21-29(40)27(20-23-10-5-4-6-11-23)37-32(42)28(22-45-2)38-33(43)30-35-25-12-7-8-13-26(25)36-30/h1,7-8,12-13,23-24,27-29,40H,4-6,9-11,14-22H2,2H3,(H,34,41)(H,35,36)(H,37,42)(H,38,43)/t24-,27+,28+,29+/m1/s1. The van der Waals surface area contributed by atoms with Gasteiger partial charge in [-0.25, -0.2) is 4.98 Å². The third kappa shape index (κ3) is 10.7. The van der Waals surface area contributed by atoms with Gasteiger partial charge in [0.15, 0.2) is 5.82 Å². The zero-order valence-electron chi connectivity index (χ0n) is 26.3. The van der Waals surface area contributed by atoms with Crippen LogP contribution in [0.25, 0.3) is 11.0 Å². The minimum absolute atomic E-state index is 0.129. The van der Waals surface area contributed by atoms with Crippen LogP contribution in [0.2, 0.25) is 0 Å². The number of rotatable bonds is 16. The van der Waals surface area contributed by atoms with Gasteiger partial charge in [0, 0.05) is 38.4 Å². The molecule has 5 N–H and O–H groups in total. The van der Waals surface area contributed by atoms with Crippen LogP contribution in [0.15, 0.2) is 24.3 Å². The lowest BCUT2D eigenvalue weighted by atomic mass is 9.82. The SMILES string of the molecule is C#CC[C@H](C[C@H](O)[C@H](CC1CCCCC1)NC(=O)[C@H](CSC)NC(=O)c1nc2ccccc2[nH]1)C(=O)NCCN1CCOCC1. The normalized spacial score (nSPS) is 18.8. The van der Waals surface area contributed by atoms with Gasteiger partial charge in [-0.05, 0) is 37.1 Å². The number of carbonyl (C=O) groups excluding carboxylic acids is 3. The average molecular weight is 641 g/mol. The number of H-pyrrole nitrogens is 1. The van der Waals surface area contributed by atoms with Crippen molar-refractivity contribution in [1.82, 2.24) is 30.8 Å². The maximum absolute atomic E-state index is 13.7. The van der Waals surface area contributed by atoms with E-state index in [0.29, 0.717) is 43.4 Å². The number of morpholine rings is 1. The van der Waals surface area contributed by atoms with E-state index in [1.165, 1.54) is 18.2 Å². The van der Waals surface area contributed by atoms with E-state index in [-0.39, 0.29) is 30.5 Å². The Morgan fingerprint density at radius 2 is 1.91 bits per heavy atom. The number of fused-ring (bicyclic) bond motifs is 1. The molecule has 2 aromatic rings. The minimum Gasteiger partial charge on any atom is -0.391 e. The Kier molecular flexibility index (Phi) is 14.0. The van der Waals surface area contributed by atoms with Gasteiger partial charge >= 0.3 is 0 Å². The van der Waals surface area contributed by atoms with E-state index in [4.69, 9.17) is 11.2 Å². The number of nitrogens with zero attached hydrogens (tertiary/aromatic N) is 2. The van der Waals surface area contributed by atoms with Gasteiger partial charge in [0.2, 0.25) is 11.8 Å². The second-order valence-corrected chi connectivity index (χ2v) is 13.0. The van der Waals surface area contributed by atoms with Crippen LogP contribution < -0.4 is 16.0 Å². The lowest BCUT2D eigenvalue weighted by Crippen LogP contribution is -2.54. The Labute approximate surface area is 270 Å². The van der Waals surface area contributed by atoms with Gasteiger partial charge in [0.1, 0.15) is 6.04 Å². The number of carbonyl (C=O) groups is 3. The highest BCUT2D eigenvalue weighted by Gasteiger charge is 2.32. The van der Waals surface area contributed by atoms with Crippen molar-refractivity contribution in [2.75, 3.05) is 51.4 Å². The van der Waals surface area contributed by atoms with Crippen molar-refractivity contribution in [3.63, 3.8) is 0 Å². The number of hydrogen-bond donors (Lipinski definition) is 5. The topological polar surface area (TPSA) is 149 Å². The Balaban J connectivity index is 1.40. The molecular weight excluding hydrogens is 592 g/mol. The molecule has 2 heterocycles. The fraction of sp³-hybridized carbons (Fsp3) is 0.636. The molecule has 246 valence electrons. The molecule has 1 aliphatic carbocycles. The summed E-state index contributed by atoms with van der Waals surface area (Å²) in [5, 5.41) is 20.4. The van der Waals surface area contributed by atoms with E-state index >= 15 is 0 Å². The summed E-state index contributed by atoms with van der Waals surface area (Å²) in [6.45, 7) is 4.25. The largest absolute Gasteiger partial charge is 0.391 e. The number of imidazole rings is 1. The number of thioether (sulfide) groups is 1. The Morgan fingerprint density at radius 1 is 1.16 bits per heavy atom. The highest BCUT2D eigenvalue weighted by atomic mass is 32.2. The number of terminal acetylenes is 1. The molecule has 12 heteroatoms. The first-order chi connectivity index (χ1) is 21.9. The van der Waals surface area contributed by atoms with Crippen molar-refractivity contribution in [1.29, 1.82) is 0 Å². The number of amides is 3. The van der Waals surface area contributed by atoms with E-state index in [9.17, 15) is 19.5 Å². The van der Waals surface area contributed by atoms with Crippen LogP contribution in [0, 0.1) is 24.2 Å². The van der Waals surface area contributed by atoms with Crippen molar-refractivity contribution in [3.05, 3.63) is 30.1 Å².